The molecular weight excluding hydrogens is 499 g/mol. The molecular formula is C27H25FN2O6S. The van der Waals surface area contributed by atoms with E-state index in [4.69, 9.17) is 9.88 Å². The molecule has 3 aromatic rings. The van der Waals surface area contributed by atoms with Crippen molar-refractivity contribution in [2.75, 3.05) is 13.2 Å². The number of carbonyl (C=O) groups is 2. The van der Waals surface area contributed by atoms with E-state index in [-0.39, 0.29) is 22.8 Å². The number of likely N-dealkylation sites (tertiary alicyclic amines) is 1. The summed E-state index contributed by atoms with van der Waals surface area (Å²) in [6, 6.07) is 16.8. The topological polar surface area (TPSA) is 127 Å². The Morgan fingerprint density at radius 2 is 1.62 bits per heavy atom. The summed E-state index contributed by atoms with van der Waals surface area (Å²) in [5, 5.41) is 16.3. The van der Waals surface area contributed by atoms with Crippen molar-refractivity contribution in [2.45, 2.75) is 24.3 Å². The van der Waals surface area contributed by atoms with E-state index in [1.807, 2.05) is 6.92 Å². The highest BCUT2D eigenvalue weighted by molar-refractivity contribution is 7.89. The fourth-order valence-corrected chi connectivity index (χ4v) is 4.74. The van der Waals surface area contributed by atoms with E-state index in [1.54, 1.807) is 36.4 Å². The third kappa shape index (κ3) is 5.55. The van der Waals surface area contributed by atoms with Gasteiger partial charge in [0, 0.05) is 12.1 Å². The largest absolute Gasteiger partial charge is 0.507 e. The third-order valence-electron chi connectivity index (χ3n) is 6.06. The summed E-state index contributed by atoms with van der Waals surface area (Å²) in [4.78, 5) is 27.5. The van der Waals surface area contributed by atoms with Crippen LogP contribution < -0.4 is 9.88 Å². The number of hydrogen-bond acceptors (Lipinski definition) is 6. The summed E-state index contributed by atoms with van der Waals surface area (Å²) < 4.78 is 42.1. The summed E-state index contributed by atoms with van der Waals surface area (Å²) >= 11 is 0. The van der Waals surface area contributed by atoms with Crippen LogP contribution in [-0.4, -0.2) is 43.3 Å². The van der Waals surface area contributed by atoms with Gasteiger partial charge < -0.3 is 14.7 Å². The van der Waals surface area contributed by atoms with Gasteiger partial charge in [0.25, 0.3) is 11.7 Å². The number of sulfonamides is 1. The lowest BCUT2D eigenvalue weighted by Gasteiger charge is -2.25. The molecule has 10 heteroatoms. The average molecular weight is 525 g/mol. The van der Waals surface area contributed by atoms with Crippen LogP contribution in [0.15, 0.2) is 83.3 Å². The van der Waals surface area contributed by atoms with Crippen molar-refractivity contribution in [3.8, 4) is 5.75 Å². The Hall–Kier alpha value is -4.02. The number of ketones is 1. The number of benzene rings is 3. The van der Waals surface area contributed by atoms with Crippen molar-refractivity contribution in [1.82, 2.24) is 4.90 Å². The highest BCUT2D eigenvalue weighted by atomic mass is 32.2. The number of hydrogen-bond donors (Lipinski definition) is 2. The Morgan fingerprint density at radius 3 is 2.19 bits per heavy atom. The Balaban J connectivity index is 1.70. The van der Waals surface area contributed by atoms with Gasteiger partial charge in [0.05, 0.1) is 23.1 Å². The second-order valence-electron chi connectivity index (χ2n) is 8.44. The van der Waals surface area contributed by atoms with Crippen LogP contribution in [0.1, 0.15) is 29.7 Å². The molecule has 192 valence electrons. The fourth-order valence-electron chi connectivity index (χ4n) is 4.23. The molecule has 37 heavy (non-hydrogen) atoms. The van der Waals surface area contributed by atoms with Gasteiger partial charge in [-0.25, -0.2) is 17.9 Å². The summed E-state index contributed by atoms with van der Waals surface area (Å²) in [6.45, 7) is 2.39. The Morgan fingerprint density at radius 1 is 1.00 bits per heavy atom. The van der Waals surface area contributed by atoms with Crippen LogP contribution in [0.25, 0.3) is 5.76 Å². The molecule has 1 heterocycles. The summed E-state index contributed by atoms with van der Waals surface area (Å²) in [5.41, 5.74) is 1.38. The molecule has 1 unspecified atom stereocenters. The van der Waals surface area contributed by atoms with E-state index in [9.17, 15) is 27.5 Å². The molecule has 0 aromatic heterocycles. The molecule has 0 spiro atoms. The highest BCUT2D eigenvalue weighted by Gasteiger charge is 2.45. The number of aliphatic hydroxyl groups excluding tert-OH is 1. The standard InChI is InChI=1S/C27H25FN2O6S/c1-2-36-21-11-7-19(8-12-21)25(31)23-24(18-5-9-20(28)10-6-18)30(27(33)26(23)32)16-15-17-3-13-22(14-4-17)37(29,34)35/h3-14,24,31H,2,15-16H2,1H3,(H2,29,34,35). The van der Waals surface area contributed by atoms with Crippen LogP contribution in [0.2, 0.25) is 0 Å². The summed E-state index contributed by atoms with van der Waals surface area (Å²) in [7, 11) is -3.85. The van der Waals surface area contributed by atoms with Crippen LogP contribution in [-0.2, 0) is 26.0 Å². The van der Waals surface area contributed by atoms with E-state index in [0.717, 1.165) is 0 Å². The molecule has 8 nitrogen and oxygen atoms in total. The van der Waals surface area contributed by atoms with Crippen molar-refractivity contribution in [2.24, 2.45) is 5.14 Å². The predicted molar refractivity (Wildman–Crippen MR) is 135 cm³/mol. The van der Waals surface area contributed by atoms with Gasteiger partial charge in [0.1, 0.15) is 17.3 Å². The summed E-state index contributed by atoms with van der Waals surface area (Å²) in [5.74, 6) is -1.91. The highest BCUT2D eigenvalue weighted by Crippen LogP contribution is 2.39. The maximum Gasteiger partial charge on any atom is 0.295 e. The number of ether oxygens (including phenoxy) is 1. The van der Waals surface area contributed by atoms with Gasteiger partial charge in [0.15, 0.2) is 0 Å². The summed E-state index contributed by atoms with van der Waals surface area (Å²) in [6.07, 6.45) is 0.290. The van der Waals surface area contributed by atoms with Crippen molar-refractivity contribution >= 4 is 27.5 Å². The lowest BCUT2D eigenvalue weighted by atomic mass is 9.95. The number of amides is 1. The molecule has 0 bridgehead atoms. The first kappa shape index (κ1) is 26.1. The molecule has 4 rings (SSSR count). The SMILES string of the molecule is CCOc1ccc(C(O)=C2C(=O)C(=O)N(CCc3ccc(S(N)(=O)=O)cc3)C2c2ccc(F)cc2)cc1. The first-order valence-electron chi connectivity index (χ1n) is 11.5. The molecule has 1 atom stereocenters. The number of Topliss-reactive ketones (excluding diaryl/α,β-unsaturated/α-hetero) is 1. The molecule has 0 saturated carbocycles. The smallest absolute Gasteiger partial charge is 0.295 e. The van der Waals surface area contributed by atoms with Gasteiger partial charge in [-0.15, -0.1) is 0 Å². The lowest BCUT2D eigenvalue weighted by molar-refractivity contribution is -0.139. The third-order valence-corrected chi connectivity index (χ3v) is 6.99. The van der Waals surface area contributed by atoms with Crippen LogP contribution in [0, 0.1) is 5.82 Å². The number of carbonyl (C=O) groups excluding carboxylic acids is 2. The quantitative estimate of drug-likeness (QED) is 0.264. The zero-order valence-electron chi connectivity index (χ0n) is 19.9. The Bertz CT molecular complexity index is 1450. The van der Waals surface area contributed by atoms with E-state index in [0.29, 0.717) is 35.5 Å². The van der Waals surface area contributed by atoms with E-state index < -0.39 is 33.6 Å². The zero-order valence-corrected chi connectivity index (χ0v) is 20.7. The van der Waals surface area contributed by atoms with Crippen LogP contribution in [0.5, 0.6) is 5.75 Å². The van der Waals surface area contributed by atoms with Crippen molar-refractivity contribution in [1.29, 1.82) is 0 Å². The second-order valence-corrected chi connectivity index (χ2v) is 10.0. The average Bonchev–Trinajstić information content (AvgIpc) is 3.13. The maximum absolute atomic E-state index is 13.7. The normalized spacial score (nSPS) is 17.3. The van der Waals surface area contributed by atoms with Gasteiger partial charge in [-0.3, -0.25) is 9.59 Å². The number of aliphatic hydroxyl groups is 1. The lowest BCUT2D eigenvalue weighted by Crippen LogP contribution is -2.31. The fraction of sp³-hybridized carbons (Fsp3) is 0.185. The number of nitrogens with zero attached hydrogens (tertiary/aromatic N) is 1. The van der Waals surface area contributed by atoms with Crippen molar-refractivity contribution < 1.29 is 32.2 Å². The van der Waals surface area contributed by atoms with Gasteiger partial charge >= 0.3 is 0 Å². The van der Waals surface area contributed by atoms with E-state index in [1.165, 1.54) is 41.3 Å². The molecule has 1 saturated heterocycles. The molecule has 0 radical (unpaired) electrons. The monoisotopic (exact) mass is 524 g/mol. The van der Waals surface area contributed by atoms with Crippen molar-refractivity contribution in [3.05, 3.63) is 101 Å². The molecule has 0 aliphatic carbocycles. The van der Waals surface area contributed by atoms with E-state index >= 15 is 0 Å². The molecule has 1 amide bonds. The molecule has 1 fully saturated rings. The zero-order chi connectivity index (χ0) is 26.7. The molecule has 1 aliphatic rings. The maximum atomic E-state index is 13.7. The number of halogens is 1. The molecule has 3 N–H and O–H groups in total. The van der Waals surface area contributed by atoms with Gasteiger partial charge in [-0.1, -0.05) is 24.3 Å². The van der Waals surface area contributed by atoms with Gasteiger partial charge in [-0.2, -0.15) is 0 Å². The minimum atomic E-state index is -3.85. The van der Waals surface area contributed by atoms with Crippen LogP contribution in [0.4, 0.5) is 4.39 Å². The number of primary sulfonamides is 1. The Labute approximate surface area is 213 Å². The minimum absolute atomic E-state index is 0.0432. The number of rotatable bonds is 8. The van der Waals surface area contributed by atoms with Gasteiger partial charge in [-0.05, 0) is 73.0 Å². The van der Waals surface area contributed by atoms with Crippen LogP contribution in [0.3, 0.4) is 0 Å². The van der Waals surface area contributed by atoms with E-state index in [2.05, 4.69) is 0 Å². The minimum Gasteiger partial charge on any atom is -0.507 e. The molecule has 1 aliphatic heterocycles. The first-order valence-corrected chi connectivity index (χ1v) is 13.0. The Kier molecular flexibility index (Phi) is 7.42. The second kappa shape index (κ2) is 10.5. The predicted octanol–water partition coefficient (Wildman–Crippen LogP) is 3.54. The van der Waals surface area contributed by atoms with Gasteiger partial charge in [0.2, 0.25) is 10.0 Å². The van der Waals surface area contributed by atoms with Crippen molar-refractivity contribution in [3.63, 3.8) is 0 Å². The first-order chi connectivity index (χ1) is 17.6. The molecule has 3 aromatic carbocycles. The van der Waals surface area contributed by atoms with Crippen LogP contribution >= 0.6 is 0 Å². The number of nitrogens with two attached hydrogens (primary N) is 1.